The normalized spacial score (nSPS) is 12.6. The molecule has 194 valence electrons. The molecular formula is C26H43FNO5P. The van der Waals surface area contributed by atoms with E-state index < -0.39 is 19.7 Å². The summed E-state index contributed by atoms with van der Waals surface area (Å²) in [6, 6.07) is 5.87. The highest BCUT2D eigenvalue weighted by Crippen LogP contribution is 2.36. The quantitative estimate of drug-likeness (QED) is 0.134. The van der Waals surface area contributed by atoms with Gasteiger partial charge in [-0.3, -0.25) is 4.52 Å². The molecule has 0 heterocycles. The Morgan fingerprint density at radius 3 is 1.94 bits per heavy atom. The molecule has 0 aliphatic heterocycles. The Labute approximate surface area is 205 Å². The minimum atomic E-state index is -4.59. The van der Waals surface area contributed by atoms with Crippen LogP contribution in [0.4, 0.5) is 4.39 Å². The number of hydrogen-bond donors (Lipinski definition) is 2. The van der Waals surface area contributed by atoms with E-state index in [0.717, 1.165) is 25.3 Å². The van der Waals surface area contributed by atoms with Gasteiger partial charge in [-0.25, -0.2) is 8.96 Å². The van der Waals surface area contributed by atoms with E-state index in [2.05, 4.69) is 11.4 Å². The monoisotopic (exact) mass is 499 g/mol. The average molecular weight is 500 g/mol. The number of halogens is 1. The van der Waals surface area contributed by atoms with Gasteiger partial charge in [-0.15, -0.1) is 0 Å². The van der Waals surface area contributed by atoms with Crippen molar-refractivity contribution < 1.29 is 28.0 Å². The first-order valence-electron chi connectivity index (χ1n) is 12.8. The molecule has 8 heteroatoms. The van der Waals surface area contributed by atoms with Crippen LogP contribution in [-0.4, -0.2) is 22.5 Å². The maximum Gasteiger partial charge on any atom is 0.469 e. The number of nitrogens with zero attached hydrogens (tertiary/aromatic N) is 1. The lowest BCUT2D eigenvalue weighted by atomic mass is 10.0. The Morgan fingerprint density at radius 2 is 1.44 bits per heavy atom. The molecule has 0 unspecified atom stereocenters. The fourth-order valence-corrected chi connectivity index (χ4v) is 4.33. The summed E-state index contributed by atoms with van der Waals surface area (Å²) in [5, 5.41) is 8.97. The molecule has 0 aliphatic carbocycles. The molecule has 1 aromatic rings. The number of nitriles is 1. The van der Waals surface area contributed by atoms with Crippen LogP contribution in [0.15, 0.2) is 18.2 Å². The van der Waals surface area contributed by atoms with Crippen LogP contribution in [0.25, 0.3) is 0 Å². The number of hydrogen-bond acceptors (Lipinski definition) is 4. The Hall–Kier alpha value is -1.29. The number of ether oxygens (including phenoxy) is 1. The summed E-state index contributed by atoms with van der Waals surface area (Å²) in [6.45, 7) is 2.05. The third kappa shape index (κ3) is 17.2. The van der Waals surface area contributed by atoms with E-state index in [4.69, 9.17) is 19.8 Å². The lowest BCUT2D eigenvalue weighted by Crippen LogP contribution is -2.19. The van der Waals surface area contributed by atoms with Gasteiger partial charge >= 0.3 is 7.82 Å². The van der Waals surface area contributed by atoms with Crippen LogP contribution in [0.3, 0.4) is 0 Å². The lowest BCUT2D eigenvalue weighted by Gasteiger charge is -2.18. The molecule has 0 radical (unpaired) electrons. The summed E-state index contributed by atoms with van der Waals surface area (Å²) < 4.78 is 35.1. The highest BCUT2D eigenvalue weighted by molar-refractivity contribution is 7.46. The van der Waals surface area contributed by atoms with E-state index in [-0.39, 0.29) is 18.8 Å². The first-order chi connectivity index (χ1) is 16.3. The van der Waals surface area contributed by atoms with Crippen LogP contribution >= 0.6 is 7.82 Å². The first kappa shape index (κ1) is 30.7. The summed E-state index contributed by atoms with van der Waals surface area (Å²) in [5.74, 6) is -0.521. The number of phosphoric ester groups is 1. The van der Waals surface area contributed by atoms with Crippen LogP contribution < -0.4 is 0 Å². The molecule has 0 spiro atoms. The predicted molar refractivity (Wildman–Crippen MR) is 133 cm³/mol. The molecular weight excluding hydrogens is 456 g/mol. The van der Waals surface area contributed by atoms with Crippen molar-refractivity contribution in [3.8, 4) is 6.07 Å². The van der Waals surface area contributed by atoms with Gasteiger partial charge in [0.25, 0.3) is 0 Å². The van der Waals surface area contributed by atoms with Gasteiger partial charge in [0.15, 0.2) is 0 Å². The minimum absolute atomic E-state index is 0.0419. The Bertz CT molecular complexity index is 749. The second kappa shape index (κ2) is 19.0. The first-order valence-corrected chi connectivity index (χ1v) is 14.4. The highest BCUT2D eigenvalue weighted by atomic mass is 31.2. The van der Waals surface area contributed by atoms with Crippen LogP contribution in [0.2, 0.25) is 0 Å². The summed E-state index contributed by atoms with van der Waals surface area (Å²) in [5.41, 5.74) is 0.701. The van der Waals surface area contributed by atoms with E-state index in [1.165, 1.54) is 82.8 Å². The molecule has 34 heavy (non-hydrogen) atoms. The van der Waals surface area contributed by atoms with Gasteiger partial charge in [0.2, 0.25) is 0 Å². The summed E-state index contributed by atoms with van der Waals surface area (Å²) >= 11 is 0. The van der Waals surface area contributed by atoms with E-state index in [9.17, 15) is 8.96 Å². The lowest BCUT2D eigenvalue weighted by molar-refractivity contribution is -0.00383. The molecule has 0 saturated heterocycles. The van der Waals surface area contributed by atoms with E-state index >= 15 is 0 Å². The van der Waals surface area contributed by atoms with E-state index in [0.29, 0.717) is 12.0 Å². The van der Waals surface area contributed by atoms with Crippen molar-refractivity contribution in [2.75, 3.05) is 6.61 Å². The number of unbranched alkanes of at least 4 members (excludes halogenated alkanes) is 13. The SMILES string of the molecule is CCCCCCCCCCCCCCCC[C@@H](COP(=O)(O)O)OCc1cc(F)cc(C#N)c1. The van der Waals surface area contributed by atoms with Crippen molar-refractivity contribution in [3.63, 3.8) is 0 Å². The molecule has 0 saturated carbocycles. The molecule has 0 aliphatic rings. The third-order valence-electron chi connectivity index (χ3n) is 5.88. The second-order valence-electron chi connectivity index (χ2n) is 9.06. The van der Waals surface area contributed by atoms with Gasteiger partial charge in [-0.2, -0.15) is 5.26 Å². The molecule has 6 nitrogen and oxygen atoms in total. The van der Waals surface area contributed by atoms with Crippen molar-refractivity contribution in [2.45, 2.75) is 116 Å². The van der Waals surface area contributed by atoms with Crippen LogP contribution in [0, 0.1) is 17.1 Å². The zero-order valence-electron chi connectivity index (χ0n) is 20.7. The van der Waals surface area contributed by atoms with Gasteiger partial charge in [-0.1, -0.05) is 96.8 Å². The largest absolute Gasteiger partial charge is 0.469 e. The van der Waals surface area contributed by atoms with Gasteiger partial charge in [0.05, 0.1) is 31.0 Å². The smallest absolute Gasteiger partial charge is 0.371 e. The molecule has 1 aromatic carbocycles. The van der Waals surface area contributed by atoms with Gasteiger partial charge in [0, 0.05) is 0 Å². The minimum Gasteiger partial charge on any atom is -0.371 e. The van der Waals surface area contributed by atoms with Crippen LogP contribution in [0.1, 0.15) is 114 Å². The fraction of sp³-hybridized carbons (Fsp3) is 0.731. The maximum absolute atomic E-state index is 13.6. The third-order valence-corrected chi connectivity index (χ3v) is 6.37. The number of phosphoric acid groups is 1. The molecule has 1 atom stereocenters. The standard InChI is InChI=1S/C26H43FNO5P/c1-2-3-4-5-6-7-8-9-10-11-12-13-14-15-16-26(22-33-34(29,30)31)32-21-24-17-23(20-28)18-25(27)19-24/h17-19,26H,2-16,21-22H2,1H3,(H2,29,30,31)/t26-/m0/s1. The summed E-state index contributed by atoms with van der Waals surface area (Å²) in [4.78, 5) is 18.0. The Kier molecular flexibility index (Phi) is 17.1. The van der Waals surface area contributed by atoms with Crippen molar-refractivity contribution in [2.24, 2.45) is 0 Å². The Morgan fingerprint density at radius 1 is 0.912 bits per heavy atom. The Balaban J connectivity index is 2.21. The molecule has 0 aromatic heterocycles. The molecule has 0 fully saturated rings. The van der Waals surface area contributed by atoms with Crippen molar-refractivity contribution in [3.05, 3.63) is 35.1 Å². The fourth-order valence-electron chi connectivity index (χ4n) is 3.97. The van der Waals surface area contributed by atoms with E-state index in [1.807, 2.05) is 6.07 Å². The zero-order chi connectivity index (χ0) is 25.1. The van der Waals surface area contributed by atoms with Crippen molar-refractivity contribution in [1.29, 1.82) is 5.26 Å². The summed E-state index contributed by atoms with van der Waals surface area (Å²) in [6.07, 6.45) is 17.6. The van der Waals surface area contributed by atoms with Crippen molar-refractivity contribution in [1.82, 2.24) is 0 Å². The topological polar surface area (TPSA) is 99.8 Å². The molecule has 0 bridgehead atoms. The van der Waals surface area contributed by atoms with Crippen molar-refractivity contribution >= 4 is 7.82 Å². The van der Waals surface area contributed by atoms with Crippen LogP contribution in [-0.2, 0) is 20.4 Å². The molecule has 0 amide bonds. The number of benzene rings is 1. The molecule has 2 N–H and O–H groups in total. The predicted octanol–water partition coefficient (Wildman–Crippen LogP) is 7.56. The highest BCUT2D eigenvalue weighted by Gasteiger charge is 2.19. The molecule has 1 rings (SSSR count). The maximum atomic E-state index is 13.6. The summed E-state index contributed by atoms with van der Waals surface area (Å²) in [7, 11) is -4.59. The second-order valence-corrected chi connectivity index (χ2v) is 10.3. The average Bonchev–Trinajstić information content (AvgIpc) is 2.79. The van der Waals surface area contributed by atoms with E-state index in [1.54, 1.807) is 0 Å². The zero-order valence-corrected chi connectivity index (χ0v) is 21.6. The number of rotatable bonds is 21. The van der Waals surface area contributed by atoms with Gasteiger partial charge in [-0.05, 0) is 30.2 Å². The van der Waals surface area contributed by atoms with Gasteiger partial charge < -0.3 is 14.5 Å². The van der Waals surface area contributed by atoms with Gasteiger partial charge in [0.1, 0.15) is 5.82 Å². The van der Waals surface area contributed by atoms with Crippen LogP contribution in [0.5, 0.6) is 0 Å².